The molecule has 26 heavy (non-hydrogen) atoms. The number of hydrogen-bond donors (Lipinski definition) is 2. The number of nitrogens with one attached hydrogen (secondary N) is 2. The van der Waals surface area contributed by atoms with E-state index in [4.69, 9.17) is 0 Å². The Morgan fingerprint density at radius 1 is 1.50 bits per heavy atom. The van der Waals surface area contributed by atoms with Gasteiger partial charge >= 0.3 is 0 Å². The van der Waals surface area contributed by atoms with Gasteiger partial charge in [0.15, 0.2) is 0 Å². The van der Waals surface area contributed by atoms with Crippen molar-refractivity contribution in [2.24, 2.45) is 5.92 Å². The van der Waals surface area contributed by atoms with Gasteiger partial charge < -0.3 is 10.3 Å². The van der Waals surface area contributed by atoms with E-state index < -0.39 is 0 Å². The Balaban J connectivity index is 1.76. The second-order valence-corrected chi connectivity index (χ2v) is 7.55. The highest BCUT2D eigenvalue weighted by Crippen LogP contribution is 2.41. The van der Waals surface area contributed by atoms with Crippen LogP contribution in [0, 0.1) is 5.92 Å². The predicted octanol–water partition coefficient (Wildman–Crippen LogP) is 3.51. The molecule has 0 fully saturated rings. The molecular weight excluding hydrogens is 322 g/mol. The van der Waals surface area contributed by atoms with E-state index in [0.29, 0.717) is 6.04 Å². The van der Waals surface area contributed by atoms with Crippen molar-refractivity contribution < 1.29 is 4.79 Å². The third-order valence-corrected chi connectivity index (χ3v) is 5.82. The first-order chi connectivity index (χ1) is 12.6. The van der Waals surface area contributed by atoms with E-state index in [-0.39, 0.29) is 17.9 Å². The molecule has 136 valence electrons. The molecule has 4 rings (SSSR count). The molecule has 0 radical (unpaired) electrons. The molecule has 4 nitrogen and oxygen atoms in total. The zero-order valence-corrected chi connectivity index (χ0v) is 15.6. The number of H-pyrrole nitrogens is 1. The van der Waals surface area contributed by atoms with Gasteiger partial charge in [0.2, 0.25) is 5.91 Å². The Kier molecular flexibility index (Phi) is 4.45. The highest BCUT2D eigenvalue weighted by molar-refractivity contribution is 5.99. The number of aromatic amines is 1. The second kappa shape index (κ2) is 6.76. The van der Waals surface area contributed by atoms with Gasteiger partial charge in [0.05, 0.1) is 5.92 Å². The molecule has 1 aliphatic heterocycles. The lowest BCUT2D eigenvalue weighted by Gasteiger charge is -2.41. The largest absolute Gasteiger partial charge is 0.361 e. The van der Waals surface area contributed by atoms with Crippen LogP contribution in [-0.4, -0.2) is 41.0 Å². The molecule has 2 aromatic rings. The number of amides is 1. The molecule has 2 heterocycles. The lowest BCUT2D eigenvalue weighted by Crippen LogP contribution is -2.49. The fourth-order valence-corrected chi connectivity index (χ4v) is 4.31. The zero-order valence-electron chi connectivity index (χ0n) is 15.6. The molecule has 1 aliphatic carbocycles. The number of fused-ring (bicyclic) bond motifs is 2. The first-order valence-corrected chi connectivity index (χ1v) is 9.58. The fraction of sp³-hybridized carbons (Fsp3) is 0.409. The van der Waals surface area contributed by atoms with Crippen LogP contribution < -0.4 is 5.32 Å². The summed E-state index contributed by atoms with van der Waals surface area (Å²) in [5, 5.41) is 4.47. The average Bonchev–Trinajstić information content (AvgIpc) is 3.06. The van der Waals surface area contributed by atoms with E-state index >= 15 is 0 Å². The van der Waals surface area contributed by atoms with E-state index in [1.807, 2.05) is 6.08 Å². The number of hydrogen-bond acceptors (Lipinski definition) is 2. The summed E-state index contributed by atoms with van der Waals surface area (Å²) in [5.74, 6) is 0.0114. The molecule has 1 amide bonds. The van der Waals surface area contributed by atoms with Crippen LogP contribution >= 0.6 is 0 Å². The summed E-state index contributed by atoms with van der Waals surface area (Å²) in [4.78, 5) is 18.6. The lowest BCUT2D eigenvalue weighted by atomic mass is 9.79. The summed E-state index contributed by atoms with van der Waals surface area (Å²) in [7, 11) is 0. The molecule has 0 saturated heterocycles. The van der Waals surface area contributed by atoms with Crippen LogP contribution in [0.25, 0.3) is 16.5 Å². The van der Waals surface area contributed by atoms with Gasteiger partial charge in [-0.25, -0.2) is 0 Å². The first-order valence-electron chi connectivity index (χ1n) is 9.58. The Hall–Kier alpha value is -2.33. The van der Waals surface area contributed by atoms with E-state index in [2.05, 4.69) is 66.1 Å². The van der Waals surface area contributed by atoms with Crippen molar-refractivity contribution in [2.45, 2.75) is 38.8 Å². The third kappa shape index (κ3) is 2.78. The van der Waals surface area contributed by atoms with E-state index in [9.17, 15) is 4.79 Å². The molecule has 0 spiro atoms. The number of rotatable bonds is 5. The van der Waals surface area contributed by atoms with Crippen molar-refractivity contribution in [1.82, 2.24) is 15.2 Å². The Labute approximate surface area is 155 Å². The molecular formula is C22H27N3O. The minimum atomic E-state index is -0.119. The maximum absolute atomic E-state index is 12.8. The standard InChI is InChI=1S/C22H27N3O/c1-4-9-25-13-16(22(26)24-14(3)5-2)10-18-17-7-6-8-19-21(17)15(12-23-19)11-20(18)25/h4,6-8,10,12,14,16,20,23H,1,5,9,11,13H2,2-3H3,(H,24,26)/t14-,16+,20-/m1/s1. The smallest absolute Gasteiger partial charge is 0.228 e. The molecule has 1 aromatic carbocycles. The van der Waals surface area contributed by atoms with Gasteiger partial charge in [-0.05, 0) is 42.5 Å². The van der Waals surface area contributed by atoms with Gasteiger partial charge in [0.25, 0.3) is 0 Å². The quantitative estimate of drug-likeness (QED) is 0.812. The topological polar surface area (TPSA) is 48.1 Å². The minimum absolute atomic E-state index is 0.119. The summed E-state index contributed by atoms with van der Waals surface area (Å²) >= 11 is 0. The van der Waals surface area contributed by atoms with Crippen molar-refractivity contribution in [3.05, 3.63) is 54.3 Å². The predicted molar refractivity (Wildman–Crippen MR) is 107 cm³/mol. The molecule has 2 aliphatic rings. The summed E-state index contributed by atoms with van der Waals surface area (Å²) in [6.07, 6.45) is 8.22. The number of carbonyl (C=O) groups is 1. The number of benzene rings is 1. The summed E-state index contributed by atoms with van der Waals surface area (Å²) in [6, 6.07) is 6.94. The van der Waals surface area contributed by atoms with Crippen LogP contribution in [0.1, 0.15) is 31.4 Å². The Morgan fingerprint density at radius 2 is 2.35 bits per heavy atom. The van der Waals surface area contributed by atoms with Crippen molar-refractivity contribution in [2.75, 3.05) is 13.1 Å². The van der Waals surface area contributed by atoms with Gasteiger partial charge in [-0.3, -0.25) is 9.69 Å². The van der Waals surface area contributed by atoms with Gasteiger partial charge in [-0.1, -0.05) is 31.2 Å². The van der Waals surface area contributed by atoms with Crippen molar-refractivity contribution in [1.29, 1.82) is 0 Å². The summed E-state index contributed by atoms with van der Waals surface area (Å²) in [6.45, 7) is 9.63. The molecule has 0 saturated carbocycles. The van der Waals surface area contributed by atoms with Crippen molar-refractivity contribution in [3.8, 4) is 0 Å². The van der Waals surface area contributed by atoms with Crippen LogP contribution in [0.3, 0.4) is 0 Å². The molecule has 0 bridgehead atoms. The molecule has 2 N–H and O–H groups in total. The van der Waals surface area contributed by atoms with E-state index in [0.717, 1.165) is 25.9 Å². The zero-order chi connectivity index (χ0) is 18.3. The van der Waals surface area contributed by atoms with Gasteiger partial charge in [-0.15, -0.1) is 6.58 Å². The molecule has 0 unspecified atom stereocenters. The van der Waals surface area contributed by atoms with Gasteiger partial charge in [0, 0.05) is 42.3 Å². The number of carbonyl (C=O) groups excluding carboxylic acids is 1. The lowest BCUT2D eigenvalue weighted by molar-refractivity contribution is -0.125. The van der Waals surface area contributed by atoms with E-state index in [1.54, 1.807) is 0 Å². The van der Waals surface area contributed by atoms with E-state index in [1.165, 1.54) is 27.6 Å². The van der Waals surface area contributed by atoms with Crippen molar-refractivity contribution >= 4 is 22.4 Å². The number of nitrogens with zero attached hydrogens (tertiary/aromatic N) is 1. The third-order valence-electron chi connectivity index (χ3n) is 5.82. The van der Waals surface area contributed by atoms with Crippen molar-refractivity contribution in [3.63, 3.8) is 0 Å². The minimum Gasteiger partial charge on any atom is -0.361 e. The van der Waals surface area contributed by atoms with Gasteiger partial charge in [-0.2, -0.15) is 0 Å². The van der Waals surface area contributed by atoms with Crippen LogP contribution in [0.15, 0.2) is 43.1 Å². The highest BCUT2D eigenvalue weighted by Gasteiger charge is 2.36. The Bertz CT molecular complexity index is 879. The molecule has 1 aromatic heterocycles. The molecule has 3 atom stereocenters. The maximum atomic E-state index is 12.8. The number of aromatic nitrogens is 1. The van der Waals surface area contributed by atoms with Crippen LogP contribution in [0.5, 0.6) is 0 Å². The SMILES string of the molecule is C=CCN1C[C@@H](C(=O)N[C@H](C)CC)C=C2c3cccc4[nH]cc(c34)C[C@H]21. The Morgan fingerprint density at radius 3 is 3.12 bits per heavy atom. The monoisotopic (exact) mass is 349 g/mol. The van der Waals surface area contributed by atoms with Crippen LogP contribution in [0.4, 0.5) is 0 Å². The highest BCUT2D eigenvalue weighted by atomic mass is 16.2. The maximum Gasteiger partial charge on any atom is 0.228 e. The summed E-state index contributed by atoms with van der Waals surface area (Å²) in [5.41, 5.74) is 5.11. The second-order valence-electron chi connectivity index (χ2n) is 7.55. The van der Waals surface area contributed by atoms with Crippen LogP contribution in [0.2, 0.25) is 0 Å². The first kappa shape index (κ1) is 17.1. The molecule has 4 heteroatoms. The van der Waals surface area contributed by atoms with Crippen LogP contribution in [-0.2, 0) is 11.2 Å². The van der Waals surface area contributed by atoms with Gasteiger partial charge in [0.1, 0.15) is 0 Å². The normalized spacial score (nSPS) is 23.2. The fourth-order valence-electron chi connectivity index (χ4n) is 4.31. The average molecular weight is 349 g/mol. The summed E-state index contributed by atoms with van der Waals surface area (Å²) < 4.78 is 0.